The van der Waals surface area contributed by atoms with Gasteiger partial charge in [0.2, 0.25) is 0 Å². The third-order valence-corrected chi connectivity index (χ3v) is 3.76. The van der Waals surface area contributed by atoms with Crippen molar-refractivity contribution < 1.29 is 0 Å². The minimum absolute atomic E-state index is 0.712. The van der Waals surface area contributed by atoms with Gasteiger partial charge in [0.15, 0.2) is 0 Å². The highest BCUT2D eigenvalue weighted by atomic mass is 35.5. The topological polar surface area (TPSA) is 37.8 Å². The largest absolute Gasteiger partial charge is 0.382 e. The molecule has 16 heavy (non-hydrogen) atoms. The van der Waals surface area contributed by atoms with Crippen molar-refractivity contribution in [1.29, 1.82) is 0 Å². The van der Waals surface area contributed by atoms with Crippen LogP contribution >= 0.6 is 35.1 Å². The number of rotatable bonds is 5. The summed E-state index contributed by atoms with van der Waals surface area (Å²) in [4.78, 5) is 0. The van der Waals surface area contributed by atoms with Gasteiger partial charge in [-0.2, -0.15) is 20.5 Å². The summed E-state index contributed by atoms with van der Waals surface area (Å²) < 4.78 is 8.45. The molecule has 0 aliphatic carbocycles. The molecule has 1 aromatic heterocycles. The summed E-state index contributed by atoms with van der Waals surface area (Å²) in [5, 5.41) is 4.05. The van der Waals surface area contributed by atoms with E-state index in [1.54, 1.807) is 0 Å². The summed E-state index contributed by atoms with van der Waals surface area (Å²) >= 11 is 9.21. The maximum atomic E-state index is 6.14. The standard InChI is InChI=1S/C10H12ClN3S2/c1-15-6-2-5-12-9-7(11)3-4-8-10(9)14-16-13-8/h3-4,12H,2,5-6H2,1H3. The highest BCUT2D eigenvalue weighted by Gasteiger charge is 2.08. The second kappa shape index (κ2) is 5.70. The van der Waals surface area contributed by atoms with E-state index in [1.807, 2.05) is 23.9 Å². The molecule has 0 unspecified atom stereocenters. The molecular formula is C10H12ClN3S2. The Morgan fingerprint density at radius 2 is 2.31 bits per heavy atom. The maximum Gasteiger partial charge on any atom is 0.129 e. The minimum Gasteiger partial charge on any atom is -0.382 e. The fraction of sp³-hybridized carbons (Fsp3) is 0.400. The van der Waals surface area contributed by atoms with E-state index in [2.05, 4.69) is 20.3 Å². The van der Waals surface area contributed by atoms with Crippen molar-refractivity contribution in [3.8, 4) is 0 Å². The summed E-state index contributed by atoms with van der Waals surface area (Å²) in [6.45, 7) is 0.914. The SMILES string of the molecule is CSCCCNc1c(Cl)ccc2nsnc12. The van der Waals surface area contributed by atoms with Crippen molar-refractivity contribution in [3.63, 3.8) is 0 Å². The third-order valence-electron chi connectivity index (χ3n) is 2.20. The van der Waals surface area contributed by atoms with Crippen molar-refractivity contribution >= 4 is 51.8 Å². The molecule has 1 heterocycles. The van der Waals surface area contributed by atoms with Gasteiger partial charge in [-0.15, -0.1) is 0 Å². The Morgan fingerprint density at radius 1 is 1.44 bits per heavy atom. The lowest BCUT2D eigenvalue weighted by atomic mass is 10.2. The first-order chi connectivity index (χ1) is 7.83. The van der Waals surface area contributed by atoms with Crippen LogP contribution in [-0.2, 0) is 0 Å². The molecule has 3 nitrogen and oxygen atoms in total. The molecule has 0 amide bonds. The van der Waals surface area contributed by atoms with Gasteiger partial charge in [0.1, 0.15) is 11.0 Å². The average Bonchev–Trinajstić information content (AvgIpc) is 2.75. The van der Waals surface area contributed by atoms with Crippen LogP contribution in [0.2, 0.25) is 5.02 Å². The molecule has 86 valence electrons. The van der Waals surface area contributed by atoms with Gasteiger partial charge in [-0.25, -0.2) is 0 Å². The minimum atomic E-state index is 0.712. The van der Waals surface area contributed by atoms with Gasteiger partial charge in [0, 0.05) is 6.54 Å². The molecule has 0 spiro atoms. The van der Waals surface area contributed by atoms with Gasteiger partial charge >= 0.3 is 0 Å². The van der Waals surface area contributed by atoms with Crippen LogP contribution in [0.4, 0.5) is 5.69 Å². The molecule has 0 aliphatic heterocycles. The van der Waals surface area contributed by atoms with Crippen LogP contribution in [0.3, 0.4) is 0 Å². The lowest BCUT2D eigenvalue weighted by molar-refractivity contribution is 0.995. The Balaban J connectivity index is 2.15. The number of fused-ring (bicyclic) bond motifs is 1. The Labute approximate surface area is 108 Å². The second-order valence-corrected chi connectivity index (χ2v) is 5.25. The molecule has 2 aromatic rings. The Kier molecular flexibility index (Phi) is 4.26. The number of halogens is 1. The lowest BCUT2D eigenvalue weighted by Crippen LogP contribution is -2.03. The van der Waals surface area contributed by atoms with E-state index in [0.29, 0.717) is 5.02 Å². The molecule has 0 saturated heterocycles. The highest BCUT2D eigenvalue weighted by Crippen LogP contribution is 2.29. The number of nitrogens with zero attached hydrogens (tertiary/aromatic N) is 2. The maximum absolute atomic E-state index is 6.14. The number of anilines is 1. The van der Waals surface area contributed by atoms with E-state index >= 15 is 0 Å². The number of hydrogen-bond acceptors (Lipinski definition) is 5. The van der Waals surface area contributed by atoms with Crippen LogP contribution < -0.4 is 5.32 Å². The second-order valence-electron chi connectivity index (χ2n) is 3.33. The lowest BCUT2D eigenvalue weighted by Gasteiger charge is -2.07. The first-order valence-corrected chi connectivity index (χ1v) is 7.46. The summed E-state index contributed by atoms with van der Waals surface area (Å²) in [5.74, 6) is 1.15. The summed E-state index contributed by atoms with van der Waals surface area (Å²) in [6.07, 6.45) is 3.23. The number of hydrogen-bond donors (Lipinski definition) is 1. The number of thioether (sulfide) groups is 1. The first kappa shape index (κ1) is 12.0. The number of benzene rings is 1. The van der Waals surface area contributed by atoms with Crippen molar-refractivity contribution in [1.82, 2.24) is 8.75 Å². The molecule has 0 aliphatic rings. The summed E-state index contributed by atoms with van der Waals surface area (Å²) in [6, 6.07) is 3.76. The summed E-state index contributed by atoms with van der Waals surface area (Å²) in [5.41, 5.74) is 2.69. The molecule has 0 fully saturated rings. The van der Waals surface area contributed by atoms with E-state index in [1.165, 1.54) is 11.7 Å². The van der Waals surface area contributed by atoms with E-state index in [0.717, 1.165) is 35.4 Å². The van der Waals surface area contributed by atoms with Crippen molar-refractivity contribution in [2.75, 3.05) is 23.9 Å². The fourth-order valence-corrected chi connectivity index (χ4v) is 2.62. The zero-order valence-electron chi connectivity index (χ0n) is 8.86. The average molecular weight is 274 g/mol. The van der Waals surface area contributed by atoms with Gasteiger partial charge in [0.25, 0.3) is 0 Å². The Morgan fingerprint density at radius 3 is 3.12 bits per heavy atom. The quantitative estimate of drug-likeness (QED) is 0.846. The molecule has 2 rings (SSSR count). The highest BCUT2D eigenvalue weighted by molar-refractivity contribution is 7.98. The Bertz CT molecular complexity index is 472. The van der Waals surface area contributed by atoms with Gasteiger partial charge in [-0.3, -0.25) is 0 Å². The van der Waals surface area contributed by atoms with Crippen LogP contribution in [-0.4, -0.2) is 27.3 Å². The van der Waals surface area contributed by atoms with E-state index in [9.17, 15) is 0 Å². The van der Waals surface area contributed by atoms with Crippen LogP contribution in [0.15, 0.2) is 12.1 Å². The van der Waals surface area contributed by atoms with E-state index in [4.69, 9.17) is 11.6 Å². The van der Waals surface area contributed by atoms with Gasteiger partial charge in [-0.05, 0) is 30.6 Å². The van der Waals surface area contributed by atoms with Gasteiger partial charge in [-0.1, -0.05) is 11.6 Å². The zero-order chi connectivity index (χ0) is 11.4. The predicted molar refractivity (Wildman–Crippen MR) is 73.9 cm³/mol. The van der Waals surface area contributed by atoms with Gasteiger partial charge in [0.05, 0.1) is 22.4 Å². The van der Waals surface area contributed by atoms with Crippen LogP contribution in [0.1, 0.15) is 6.42 Å². The van der Waals surface area contributed by atoms with Crippen LogP contribution in [0.25, 0.3) is 11.0 Å². The third kappa shape index (κ3) is 2.59. The smallest absolute Gasteiger partial charge is 0.129 e. The predicted octanol–water partition coefficient (Wildman–Crippen LogP) is 3.51. The van der Waals surface area contributed by atoms with Gasteiger partial charge < -0.3 is 5.32 Å². The monoisotopic (exact) mass is 273 g/mol. The van der Waals surface area contributed by atoms with Crippen molar-refractivity contribution in [2.45, 2.75) is 6.42 Å². The van der Waals surface area contributed by atoms with Crippen molar-refractivity contribution in [2.24, 2.45) is 0 Å². The molecule has 6 heteroatoms. The molecule has 0 atom stereocenters. The number of aromatic nitrogens is 2. The van der Waals surface area contributed by atoms with Crippen LogP contribution in [0.5, 0.6) is 0 Å². The number of nitrogens with one attached hydrogen (secondary N) is 1. The first-order valence-electron chi connectivity index (χ1n) is 4.96. The zero-order valence-corrected chi connectivity index (χ0v) is 11.3. The normalized spacial score (nSPS) is 10.9. The molecular weight excluding hydrogens is 262 g/mol. The molecule has 0 saturated carbocycles. The molecule has 1 N–H and O–H groups in total. The molecule has 0 bridgehead atoms. The van der Waals surface area contributed by atoms with Crippen molar-refractivity contribution in [3.05, 3.63) is 17.2 Å². The van der Waals surface area contributed by atoms with E-state index < -0.39 is 0 Å². The molecule has 0 radical (unpaired) electrons. The molecule has 1 aromatic carbocycles. The fourth-order valence-electron chi connectivity index (χ4n) is 1.42. The Hall–Kier alpha value is -0.520. The summed E-state index contributed by atoms with van der Waals surface area (Å²) in [7, 11) is 0. The van der Waals surface area contributed by atoms with Crippen LogP contribution in [0, 0.1) is 0 Å². The van der Waals surface area contributed by atoms with E-state index in [-0.39, 0.29) is 0 Å².